The molecule has 0 aliphatic carbocycles. The second-order valence-electron chi connectivity index (χ2n) is 6.17. The van der Waals surface area contributed by atoms with Crippen LogP contribution in [0.1, 0.15) is 22.3 Å². The highest BCUT2D eigenvalue weighted by Crippen LogP contribution is 2.28. The van der Waals surface area contributed by atoms with Crippen LogP contribution < -0.4 is 4.31 Å². The van der Waals surface area contributed by atoms with E-state index in [1.54, 1.807) is 43.4 Å². The third-order valence-electron chi connectivity index (χ3n) is 4.27. The van der Waals surface area contributed by atoms with E-state index in [2.05, 4.69) is 0 Å². The first kappa shape index (κ1) is 19.0. The van der Waals surface area contributed by atoms with E-state index in [0.29, 0.717) is 40.8 Å². The molecule has 1 heterocycles. The third kappa shape index (κ3) is 3.82. The number of carbonyl (C=O) groups is 1. The van der Waals surface area contributed by atoms with Crippen LogP contribution in [-0.4, -0.2) is 38.6 Å². The SMILES string of the molecule is CN(Cc1cccc(Cl)c1Cl)C(=O)c1cccc(N2CCCS2(=O)=O)c1. The van der Waals surface area contributed by atoms with Gasteiger partial charge in [0.2, 0.25) is 10.0 Å². The van der Waals surface area contributed by atoms with Gasteiger partial charge in [-0.1, -0.05) is 41.4 Å². The molecule has 3 rings (SSSR count). The summed E-state index contributed by atoms with van der Waals surface area (Å²) >= 11 is 12.2. The number of sulfonamides is 1. The molecule has 1 aliphatic rings. The predicted molar refractivity (Wildman–Crippen MR) is 104 cm³/mol. The van der Waals surface area contributed by atoms with Crippen LogP contribution in [0.3, 0.4) is 0 Å². The summed E-state index contributed by atoms with van der Waals surface area (Å²) in [6, 6.07) is 12.0. The van der Waals surface area contributed by atoms with Crippen molar-refractivity contribution in [2.75, 3.05) is 23.7 Å². The summed E-state index contributed by atoms with van der Waals surface area (Å²) < 4.78 is 25.5. The molecule has 1 fully saturated rings. The Morgan fingerprint density at radius 1 is 1.19 bits per heavy atom. The van der Waals surface area contributed by atoms with Crippen molar-refractivity contribution in [1.82, 2.24) is 4.90 Å². The standard InChI is InChI=1S/C18H18Cl2N2O3S/c1-21(12-14-6-3-8-16(19)17(14)20)18(23)13-5-2-7-15(11-13)22-9-4-10-26(22,24)25/h2-3,5-8,11H,4,9-10,12H2,1H3. The minimum Gasteiger partial charge on any atom is -0.337 e. The summed E-state index contributed by atoms with van der Waals surface area (Å²) in [5.41, 5.74) is 1.68. The topological polar surface area (TPSA) is 57.7 Å². The minimum absolute atomic E-state index is 0.137. The zero-order valence-corrected chi connectivity index (χ0v) is 16.5. The monoisotopic (exact) mass is 412 g/mol. The number of hydrogen-bond donors (Lipinski definition) is 0. The molecule has 0 bridgehead atoms. The molecule has 138 valence electrons. The smallest absolute Gasteiger partial charge is 0.253 e. The molecule has 1 amide bonds. The molecule has 0 spiro atoms. The van der Waals surface area contributed by atoms with Crippen molar-refractivity contribution in [2.45, 2.75) is 13.0 Å². The van der Waals surface area contributed by atoms with Crippen molar-refractivity contribution >= 4 is 44.8 Å². The summed E-state index contributed by atoms with van der Waals surface area (Å²) in [5.74, 6) is -0.0855. The van der Waals surface area contributed by atoms with Crippen LogP contribution in [-0.2, 0) is 16.6 Å². The van der Waals surface area contributed by atoms with Crippen LogP contribution in [0, 0.1) is 0 Å². The van der Waals surface area contributed by atoms with E-state index < -0.39 is 10.0 Å². The van der Waals surface area contributed by atoms with E-state index in [9.17, 15) is 13.2 Å². The molecule has 5 nitrogen and oxygen atoms in total. The van der Waals surface area contributed by atoms with Gasteiger partial charge in [0.25, 0.3) is 5.91 Å². The summed E-state index contributed by atoms with van der Waals surface area (Å²) in [4.78, 5) is 14.3. The van der Waals surface area contributed by atoms with Crippen LogP contribution in [0.4, 0.5) is 5.69 Å². The van der Waals surface area contributed by atoms with Crippen molar-refractivity contribution in [3.8, 4) is 0 Å². The highest BCUT2D eigenvalue weighted by molar-refractivity contribution is 7.93. The largest absolute Gasteiger partial charge is 0.337 e. The average molecular weight is 413 g/mol. The molecule has 2 aromatic rings. The van der Waals surface area contributed by atoms with Gasteiger partial charge in [0, 0.05) is 25.7 Å². The van der Waals surface area contributed by atoms with Crippen LogP contribution in [0.5, 0.6) is 0 Å². The lowest BCUT2D eigenvalue weighted by molar-refractivity contribution is 0.0785. The lowest BCUT2D eigenvalue weighted by Crippen LogP contribution is -2.28. The quantitative estimate of drug-likeness (QED) is 0.766. The van der Waals surface area contributed by atoms with Gasteiger partial charge in [-0.25, -0.2) is 8.42 Å². The Labute approximate surface area is 163 Å². The first-order chi connectivity index (χ1) is 12.3. The number of halogens is 2. The maximum atomic E-state index is 12.8. The lowest BCUT2D eigenvalue weighted by atomic mass is 10.1. The van der Waals surface area contributed by atoms with E-state index in [4.69, 9.17) is 23.2 Å². The van der Waals surface area contributed by atoms with Gasteiger partial charge in [-0.05, 0) is 36.2 Å². The summed E-state index contributed by atoms with van der Waals surface area (Å²) in [6.07, 6.45) is 0.591. The van der Waals surface area contributed by atoms with Crippen LogP contribution in [0.25, 0.3) is 0 Å². The number of rotatable bonds is 4. The fourth-order valence-electron chi connectivity index (χ4n) is 2.94. The zero-order valence-electron chi connectivity index (χ0n) is 14.2. The number of amides is 1. The van der Waals surface area contributed by atoms with Crippen LogP contribution in [0.15, 0.2) is 42.5 Å². The molecule has 0 aromatic heterocycles. The molecule has 0 N–H and O–H groups in total. The third-order valence-corrected chi connectivity index (χ3v) is 6.99. The van der Waals surface area contributed by atoms with Gasteiger partial charge in [-0.15, -0.1) is 0 Å². The number of benzene rings is 2. The lowest BCUT2D eigenvalue weighted by Gasteiger charge is -2.21. The highest BCUT2D eigenvalue weighted by Gasteiger charge is 2.29. The fourth-order valence-corrected chi connectivity index (χ4v) is 4.88. The van der Waals surface area contributed by atoms with Crippen molar-refractivity contribution in [2.24, 2.45) is 0 Å². The molecular weight excluding hydrogens is 395 g/mol. The maximum Gasteiger partial charge on any atom is 0.253 e. The molecule has 2 aromatic carbocycles. The van der Waals surface area contributed by atoms with Crippen molar-refractivity contribution in [3.05, 3.63) is 63.6 Å². The molecule has 26 heavy (non-hydrogen) atoms. The Bertz CT molecular complexity index is 947. The van der Waals surface area contributed by atoms with Gasteiger partial charge < -0.3 is 4.90 Å². The Morgan fingerprint density at radius 2 is 1.92 bits per heavy atom. The van der Waals surface area contributed by atoms with Gasteiger partial charge in [-0.3, -0.25) is 9.10 Å². The first-order valence-corrected chi connectivity index (χ1v) is 10.4. The molecule has 0 unspecified atom stereocenters. The van der Waals surface area contributed by atoms with Gasteiger partial charge in [0.15, 0.2) is 0 Å². The molecule has 1 aliphatic heterocycles. The van der Waals surface area contributed by atoms with Gasteiger partial charge >= 0.3 is 0 Å². The molecule has 8 heteroatoms. The summed E-state index contributed by atoms with van der Waals surface area (Å²) in [5, 5.41) is 0.858. The Morgan fingerprint density at radius 3 is 2.62 bits per heavy atom. The number of anilines is 1. The van der Waals surface area contributed by atoms with E-state index in [1.807, 2.05) is 6.07 Å². The van der Waals surface area contributed by atoms with Crippen molar-refractivity contribution in [3.63, 3.8) is 0 Å². The Kier molecular flexibility index (Phi) is 5.46. The Balaban J connectivity index is 1.81. The fraction of sp³-hybridized carbons (Fsp3) is 0.278. The van der Waals surface area contributed by atoms with E-state index in [1.165, 1.54) is 9.21 Å². The minimum atomic E-state index is -3.29. The highest BCUT2D eigenvalue weighted by atomic mass is 35.5. The van der Waals surface area contributed by atoms with Crippen LogP contribution in [0.2, 0.25) is 10.0 Å². The number of carbonyl (C=O) groups excluding carboxylic acids is 1. The van der Waals surface area contributed by atoms with Crippen molar-refractivity contribution in [1.29, 1.82) is 0 Å². The normalized spacial score (nSPS) is 15.9. The van der Waals surface area contributed by atoms with Gasteiger partial charge in [0.1, 0.15) is 0 Å². The molecule has 1 saturated heterocycles. The molecule has 0 radical (unpaired) electrons. The Hall–Kier alpha value is -1.76. The summed E-state index contributed by atoms with van der Waals surface area (Å²) in [6.45, 7) is 0.735. The number of nitrogens with zero attached hydrogens (tertiary/aromatic N) is 2. The van der Waals surface area contributed by atoms with E-state index in [-0.39, 0.29) is 11.7 Å². The molecular formula is C18H18Cl2N2O3S. The summed E-state index contributed by atoms with van der Waals surface area (Å²) in [7, 11) is -1.62. The van der Waals surface area contributed by atoms with Gasteiger partial charge in [-0.2, -0.15) is 0 Å². The van der Waals surface area contributed by atoms with Gasteiger partial charge in [0.05, 0.1) is 21.5 Å². The van der Waals surface area contributed by atoms with E-state index >= 15 is 0 Å². The number of hydrogen-bond acceptors (Lipinski definition) is 3. The molecule has 0 atom stereocenters. The van der Waals surface area contributed by atoms with Crippen LogP contribution >= 0.6 is 23.2 Å². The zero-order chi connectivity index (χ0) is 18.9. The van der Waals surface area contributed by atoms with E-state index in [0.717, 1.165) is 5.56 Å². The first-order valence-electron chi connectivity index (χ1n) is 8.08. The maximum absolute atomic E-state index is 12.8. The second-order valence-corrected chi connectivity index (χ2v) is 8.96. The van der Waals surface area contributed by atoms with Crippen molar-refractivity contribution < 1.29 is 13.2 Å². The second kappa shape index (κ2) is 7.47. The average Bonchev–Trinajstić information content (AvgIpc) is 2.97. The predicted octanol–water partition coefficient (Wildman–Crippen LogP) is 3.81. The molecule has 0 saturated carbocycles.